The second-order valence-corrected chi connectivity index (χ2v) is 3.63. The van der Waals surface area contributed by atoms with Gasteiger partial charge in [0.15, 0.2) is 0 Å². The molecule has 1 rings (SSSR count). The van der Waals surface area contributed by atoms with E-state index >= 15 is 0 Å². The average Bonchev–Trinajstić information content (AvgIpc) is 2.37. The van der Waals surface area contributed by atoms with Gasteiger partial charge in [-0.3, -0.25) is 0 Å². The van der Waals surface area contributed by atoms with Gasteiger partial charge in [0.05, 0.1) is 25.7 Å². The van der Waals surface area contributed by atoms with Crippen LogP contribution in [0.15, 0.2) is 30.3 Å². The molecule has 1 aromatic carbocycles. The van der Waals surface area contributed by atoms with Crippen molar-refractivity contribution in [3.8, 4) is 6.07 Å². The molecule has 1 unspecified atom stereocenters. The molecule has 0 radical (unpaired) electrons. The van der Waals surface area contributed by atoms with Gasteiger partial charge in [0.2, 0.25) is 0 Å². The zero-order valence-corrected chi connectivity index (χ0v) is 10.0. The van der Waals surface area contributed by atoms with E-state index in [2.05, 4.69) is 0 Å². The van der Waals surface area contributed by atoms with Crippen LogP contribution in [0, 0.1) is 11.3 Å². The summed E-state index contributed by atoms with van der Waals surface area (Å²) in [7, 11) is 0. The number of hydrogen-bond donors (Lipinski definition) is 1. The number of benzene rings is 1. The van der Waals surface area contributed by atoms with Crippen LogP contribution in [0.2, 0.25) is 0 Å². The Kier molecular flexibility index (Phi) is 6.08. The molecule has 1 N–H and O–H groups in total. The van der Waals surface area contributed by atoms with Gasteiger partial charge in [0.25, 0.3) is 0 Å². The van der Waals surface area contributed by atoms with Crippen LogP contribution in [0.4, 0.5) is 5.69 Å². The number of nitriles is 1. The standard InChI is InChI=1S/C13H18N2O2/c1-12(17-11-5-8-14)15(9-10-16)13-6-3-2-4-7-13/h2-4,6-7,12,16H,5,9-11H2,1H3. The molecule has 0 bridgehead atoms. The number of nitrogens with zero attached hydrogens (tertiary/aromatic N) is 2. The maximum Gasteiger partial charge on any atom is 0.127 e. The number of rotatable bonds is 7. The molecule has 4 heteroatoms. The molecule has 0 aliphatic rings. The molecular formula is C13H18N2O2. The highest BCUT2D eigenvalue weighted by atomic mass is 16.5. The molecule has 0 aliphatic carbocycles. The van der Waals surface area contributed by atoms with Crippen LogP contribution in [0.1, 0.15) is 13.3 Å². The molecule has 0 heterocycles. The van der Waals surface area contributed by atoms with E-state index in [0.29, 0.717) is 19.6 Å². The third kappa shape index (κ3) is 4.43. The molecule has 0 amide bonds. The number of aliphatic hydroxyl groups excluding tert-OH is 1. The first-order chi connectivity index (χ1) is 8.29. The van der Waals surface area contributed by atoms with Gasteiger partial charge < -0.3 is 14.7 Å². The zero-order chi connectivity index (χ0) is 12.5. The van der Waals surface area contributed by atoms with Gasteiger partial charge in [-0.1, -0.05) is 18.2 Å². The fourth-order valence-corrected chi connectivity index (χ4v) is 1.61. The molecule has 0 saturated heterocycles. The van der Waals surface area contributed by atoms with Crippen LogP contribution >= 0.6 is 0 Å². The van der Waals surface area contributed by atoms with Gasteiger partial charge in [-0.2, -0.15) is 5.26 Å². The van der Waals surface area contributed by atoms with E-state index in [1.807, 2.05) is 48.2 Å². The van der Waals surface area contributed by atoms with Crippen molar-refractivity contribution < 1.29 is 9.84 Å². The van der Waals surface area contributed by atoms with Crippen molar-refractivity contribution in [2.24, 2.45) is 0 Å². The summed E-state index contributed by atoms with van der Waals surface area (Å²) < 4.78 is 5.54. The van der Waals surface area contributed by atoms with Gasteiger partial charge in [-0.05, 0) is 19.1 Å². The average molecular weight is 234 g/mol. The fourth-order valence-electron chi connectivity index (χ4n) is 1.61. The predicted molar refractivity (Wildman–Crippen MR) is 66.5 cm³/mol. The molecule has 1 atom stereocenters. The summed E-state index contributed by atoms with van der Waals surface area (Å²) in [6.45, 7) is 2.91. The number of aliphatic hydroxyl groups is 1. The summed E-state index contributed by atoms with van der Waals surface area (Å²) in [5.74, 6) is 0. The highest BCUT2D eigenvalue weighted by molar-refractivity contribution is 5.46. The van der Waals surface area contributed by atoms with Crippen LogP contribution in [0.5, 0.6) is 0 Å². The normalized spacial score (nSPS) is 11.8. The maximum atomic E-state index is 9.07. The van der Waals surface area contributed by atoms with Crippen molar-refractivity contribution in [2.75, 3.05) is 24.7 Å². The van der Waals surface area contributed by atoms with E-state index < -0.39 is 0 Å². The summed E-state index contributed by atoms with van der Waals surface area (Å²) >= 11 is 0. The van der Waals surface area contributed by atoms with Crippen molar-refractivity contribution in [2.45, 2.75) is 19.6 Å². The Morgan fingerprint density at radius 3 is 2.71 bits per heavy atom. The summed E-state index contributed by atoms with van der Waals surface area (Å²) in [4.78, 5) is 1.97. The van der Waals surface area contributed by atoms with Gasteiger partial charge in [-0.15, -0.1) is 0 Å². The second kappa shape index (κ2) is 7.66. The number of anilines is 1. The Balaban J connectivity index is 2.62. The van der Waals surface area contributed by atoms with Crippen molar-refractivity contribution in [3.63, 3.8) is 0 Å². The fraction of sp³-hybridized carbons (Fsp3) is 0.462. The lowest BCUT2D eigenvalue weighted by Crippen LogP contribution is -2.37. The van der Waals surface area contributed by atoms with Crippen molar-refractivity contribution in [1.82, 2.24) is 0 Å². The van der Waals surface area contributed by atoms with E-state index in [0.717, 1.165) is 5.69 Å². The van der Waals surface area contributed by atoms with Crippen molar-refractivity contribution in [3.05, 3.63) is 30.3 Å². The van der Waals surface area contributed by atoms with Crippen LogP contribution in [0.3, 0.4) is 0 Å². The minimum Gasteiger partial charge on any atom is -0.395 e. The topological polar surface area (TPSA) is 56.5 Å². The Bertz CT molecular complexity index is 348. The smallest absolute Gasteiger partial charge is 0.127 e. The van der Waals surface area contributed by atoms with Gasteiger partial charge in [0, 0.05) is 12.2 Å². The van der Waals surface area contributed by atoms with E-state index in [1.165, 1.54) is 0 Å². The Morgan fingerprint density at radius 1 is 1.41 bits per heavy atom. The Labute approximate surface area is 102 Å². The number of para-hydroxylation sites is 1. The van der Waals surface area contributed by atoms with Crippen molar-refractivity contribution in [1.29, 1.82) is 5.26 Å². The van der Waals surface area contributed by atoms with Crippen molar-refractivity contribution >= 4 is 5.69 Å². The van der Waals surface area contributed by atoms with Crippen LogP contribution in [-0.4, -0.2) is 31.1 Å². The molecule has 0 aromatic heterocycles. The second-order valence-electron chi connectivity index (χ2n) is 3.63. The third-order valence-corrected chi connectivity index (χ3v) is 2.44. The predicted octanol–water partition coefficient (Wildman–Crippen LogP) is 1.76. The highest BCUT2D eigenvalue weighted by Crippen LogP contribution is 2.16. The minimum atomic E-state index is -0.155. The first-order valence-corrected chi connectivity index (χ1v) is 5.70. The number of ether oxygens (including phenoxy) is 1. The van der Waals surface area contributed by atoms with Gasteiger partial charge in [-0.25, -0.2) is 0 Å². The quantitative estimate of drug-likeness (QED) is 0.577. The third-order valence-electron chi connectivity index (χ3n) is 2.44. The molecule has 0 saturated carbocycles. The molecule has 17 heavy (non-hydrogen) atoms. The molecule has 4 nitrogen and oxygen atoms in total. The molecule has 0 aliphatic heterocycles. The SMILES string of the molecule is CC(OCCC#N)N(CCO)c1ccccc1. The van der Waals surface area contributed by atoms with Crippen LogP contribution in [0.25, 0.3) is 0 Å². The summed E-state index contributed by atoms with van der Waals surface area (Å²) in [6.07, 6.45) is 0.226. The highest BCUT2D eigenvalue weighted by Gasteiger charge is 2.13. The van der Waals surface area contributed by atoms with Gasteiger partial charge in [0.1, 0.15) is 6.23 Å². The monoisotopic (exact) mass is 234 g/mol. The summed E-state index contributed by atoms with van der Waals surface area (Å²) in [5, 5.41) is 17.5. The van der Waals surface area contributed by atoms with Crippen LogP contribution in [-0.2, 0) is 4.74 Å². The maximum absolute atomic E-state index is 9.07. The minimum absolute atomic E-state index is 0.0703. The molecular weight excluding hydrogens is 216 g/mol. The summed E-state index contributed by atoms with van der Waals surface area (Å²) in [5.41, 5.74) is 1.01. The lowest BCUT2D eigenvalue weighted by atomic mass is 10.3. The van der Waals surface area contributed by atoms with E-state index in [-0.39, 0.29) is 12.8 Å². The Hall–Kier alpha value is -1.57. The molecule has 0 spiro atoms. The Morgan fingerprint density at radius 2 is 2.12 bits per heavy atom. The first kappa shape index (κ1) is 13.5. The van der Waals surface area contributed by atoms with E-state index in [1.54, 1.807) is 0 Å². The summed E-state index contributed by atoms with van der Waals surface area (Å²) in [6, 6.07) is 11.8. The van der Waals surface area contributed by atoms with Gasteiger partial charge >= 0.3 is 0 Å². The number of hydrogen-bond acceptors (Lipinski definition) is 4. The zero-order valence-electron chi connectivity index (χ0n) is 10.0. The van der Waals surface area contributed by atoms with E-state index in [4.69, 9.17) is 15.1 Å². The van der Waals surface area contributed by atoms with Crippen LogP contribution < -0.4 is 4.90 Å². The van der Waals surface area contributed by atoms with E-state index in [9.17, 15) is 0 Å². The largest absolute Gasteiger partial charge is 0.395 e. The lowest BCUT2D eigenvalue weighted by molar-refractivity contribution is 0.0647. The first-order valence-electron chi connectivity index (χ1n) is 5.70. The molecule has 92 valence electrons. The molecule has 0 fully saturated rings. The molecule has 1 aromatic rings. The lowest BCUT2D eigenvalue weighted by Gasteiger charge is -2.30.